The number of aryl methyl sites for hydroxylation is 2. The average molecular weight is 566 g/mol. The van der Waals surface area contributed by atoms with Crippen molar-refractivity contribution in [3.8, 4) is 17.1 Å². The van der Waals surface area contributed by atoms with Crippen LogP contribution < -0.4 is 0 Å². The number of aromatic nitrogens is 4. The van der Waals surface area contributed by atoms with E-state index in [0.29, 0.717) is 23.4 Å². The number of fused-ring (bicyclic) bond motifs is 1. The Labute approximate surface area is 184 Å². The fourth-order valence-electron chi connectivity index (χ4n) is 3.68. The van der Waals surface area contributed by atoms with Gasteiger partial charge in [-0.2, -0.15) is 0 Å². The molecule has 3 heterocycles. The molecule has 5 nitrogen and oxygen atoms in total. The Hall–Kier alpha value is -2.30. The van der Waals surface area contributed by atoms with E-state index in [2.05, 4.69) is 73.5 Å². The molecule has 0 saturated heterocycles. The molecule has 0 fully saturated rings. The van der Waals surface area contributed by atoms with Crippen molar-refractivity contribution in [3.63, 3.8) is 0 Å². The Balaban J connectivity index is 0.00000240. The summed E-state index contributed by atoms with van der Waals surface area (Å²) in [4.78, 5) is 13.5. The maximum atomic E-state index is 5.50. The van der Waals surface area contributed by atoms with Crippen molar-refractivity contribution in [2.24, 2.45) is 0 Å². The molecule has 0 amide bonds. The van der Waals surface area contributed by atoms with Crippen molar-refractivity contribution in [3.05, 3.63) is 59.4 Å². The van der Waals surface area contributed by atoms with Gasteiger partial charge in [0.2, 0.25) is 0 Å². The number of rotatable bonds is 4. The quantitative estimate of drug-likeness (QED) is 0.296. The summed E-state index contributed by atoms with van der Waals surface area (Å²) >= 11 is 0. The normalized spacial score (nSPS) is 11.4. The zero-order valence-electron chi connectivity index (χ0n) is 17.6. The van der Waals surface area contributed by atoms with Gasteiger partial charge in [0.25, 0.3) is 0 Å². The largest absolute Gasteiger partial charge is 0.469 e. The van der Waals surface area contributed by atoms with Crippen molar-refractivity contribution < 1.29 is 24.5 Å². The number of pyridine rings is 1. The molecule has 4 aromatic rings. The van der Waals surface area contributed by atoms with Crippen LogP contribution in [0.25, 0.3) is 28.3 Å². The molecule has 0 bridgehead atoms. The van der Waals surface area contributed by atoms with Crippen LogP contribution in [0.2, 0.25) is 0 Å². The monoisotopic (exact) mass is 566 g/mol. The summed E-state index contributed by atoms with van der Waals surface area (Å²) in [6, 6.07) is 8.52. The number of imidazole rings is 1. The van der Waals surface area contributed by atoms with Gasteiger partial charge in [0.15, 0.2) is 11.6 Å². The van der Waals surface area contributed by atoms with E-state index >= 15 is 0 Å². The van der Waals surface area contributed by atoms with Gasteiger partial charge in [-0.1, -0.05) is 51.5 Å². The van der Waals surface area contributed by atoms with Gasteiger partial charge in [0, 0.05) is 50.1 Å². The van der Waals surface area contributed by atoms with Crippen LogP contribution in [-0.2, 0) is 20.1 Å². The predicted molar refractivity (Wildman–Crippen MR) is 111 cm³/mol. The second-order valence-electron chi connectivity index (χ2n) is 7.86. The molecular weight excluding hydrogens is 540 g/mol. The van der Waals surface area contributed by atoms with Gasteiger partial charge < -0.3 is 14.0 Å². The van der Waals surface area contributed by atoms with E-state index < -0.39 is 0 Å². The van der Waals surface area contributed by atoms with E-state index in [4.69, 9.17) is 9.40 Å². The Morgan fingerprint density at radius 1 is 1.03 bits per heavy atom. The van der Waals surface area contributed by atoms with Gasteiger partial charge in [-0.3, -0.25) is 4.98 Å². The van der Waals surface area contributed by atoms with Crippen molar-refractivity contribution >= 4 is 11.2 Å². The second-order valence-corrected chi connectivity index (χ2v) is 7.86. The molecule has 153 valence electrons. The molecule has 0 saturated carbocycles. The number of nitrogens with zero attached hydrogens (tertiary/aromatic N) is 4. The number of benzene rings is 1. The first-order valence-corrected chi connectivity index (χ1v) is 9.70. The van der Waals surface area contributed by atoms with E-state index in [1.165, 1.54) is 16.8 Å². The number of para-hydroxylation sites is 1. The summed E-state index contributed by atoms with van der Waals surface area (Å²) in [5, 5.41) is 0. The summed E-state index contributed by atoms with van der Waals surface area (Å²) in [6.45, 7) is 12.8. The first kappa shape index (κ1) is 21.4. The molecule has 0 unspecified atom stereocenters. The van der Waals surface area contributed by atoms with Gasteiger partial charge in [0.1, 0.15) is 0 Å². The molecule has 1 aromatic carbocycles. The third-order valence-corrected chi connectivity index (χ3v) is 5.05. The first-order valence-electron chi connectivity index (χ1n) is 9.70. The second kappa shape index (κ2) is 8.21. The number of oxazole rings is 1. The predicted octanol–water partition coefficient (Wildman–Crippen LogP) is 5.74. The standard InChI is InChI=1S/C23H25N4O.Ir/c1-13(2)18-8-7-9-19(14(3)4)21(18)27-15(5)11-24-22(27)17-10-20-23(25-12-17)28-16(6)26-20;/h7-11,13-14H,1-6H3;/q-1;. The number of hydrogen-bond donors (Lipinski definition) is 0. The van der Waals surface area contributed by atoms with E-state index in [1.807, 2.05) is 19.2 Å². The van der Waals surface area contributed by atoms with E-state index in [-0.39, 0.29) is 20.1 Å². The maximum absolute atomic E-state index is 5.50. The van der Waals surface area contributed by atoms with Crippen LogP contribution in [0, 0.1) is 20.0 Å². The first-order chi connectivity index (χ1) is 13.4. The van der Waals surface area contributed by atoms with Gasteiger partial charge in [-0.25, -0.2) is 4.98 Å². The molecule has 4 rings (SSSR count). The molecule has 0 spiro atoms. The van der Waals surface area contributed by atoms with Crippen LogP contribution in [0.1, 0.15) is 62.2 Å². The topological polar surface area (TPSA) is 56.7 Å². The van der Waals surface area contributed by atoms with Gasteiger partial charge in [-0.15, -0.1) is 6.07 Å². The third kappa shape index (κ3) is 3.79. The maximum Gasteiger partial charge on any atom is 0.181 e. The van der Waals surface area contributed by atoms with Crippen molar-refractivity contribution in [2.45, 2.75) is 53.4 Å². The molecular formula is C23H25IrN4O-. The number of hydrogen-bond acceptors (Lipinski definition) is 4. The fraction of sp³-hybridized carbons (Fsp3) is 0.348. The summed E-state index contributed by atoms with van der Waals surface area (Å²) in [7, 11) is 0. The Morgan fingerprint density at radius 3 is 2.31 bits per heavy atom. The van der Waals surface area contributed by atoms with Crippen LogP contribution >= 0.6 is 0 Å². The molecule has 0 aliphatic carbocycles. The molecule has 3 aromatic heterocycles. The minimum atomic E-state index is 0. The zero-order valence-corrected chi connectivity index (χ0v) is 20.0. The minimum Gasteiger partial charge on any atom is -0.469 e. The van der Waals surface area contributed by atoms with Crippen LogP contribution in [0.3, 0.4) is 0 Å². The molecule has 0 aliphatic heterocycles. The van der Waals surface area contributed by atoms with Gasteiger partial charge in [0.05, 0.1) is 5.82 Å². The average Bonchev–Trinajstić information content (AvgIpc) is 3.21. The fourth-order valence-corrected chi connectivity index (χ4v) is 3.68. The SMILES string of the molecule is Cc1nc2cc(-c3ncc(C)n3-c3c(C(C)C)cccc3C(C)C)[c-]nc2o1.[Ir]. The van der Waals surface area contributed by atoms with Crippen LogP contribution in [0.4, 0.5) is 0 Å². The van der Waals surface area contributed by atoms with E-state index in [1.54, 1.807) is 0 Å². The summed E-state index contributed by atoms with van der Waals surface area (Å²) in [6.07, 6.45) is 5.00. The van der Waals surface area contributed by atoms with Gasteiger partial charge >= 0.3 is 0 Å². The van der Waals surface area contributed by atoms with Crippen molar-refractivity contribution in [2.75, 3.05) is 0 Å². The van der Waals surface area contributed by atoms with Gasteiger partial charge in [-0.05, 0) is 36.1 Å². The third-order valence-electron chi connectivity index (χ3n) is 5.05. The van der Waals surface area contributed by atoms with Crippen LogP contribution in [-0.4, -0.2) is 19.5 Å². The Bertz CT molecular complexity index is 1130. The Morgan fingerprint density at radius 2 is 1.69 bits per heavy atom. The zero-order chi connectivity index (χ0) is 20.0. The summed E-state index contributed by atoms with van der Waals surface area (Å²) < 4.78 is 7.73. The minimum absolute atomic E-state index is 0. The van der Waals surface area contributed by atoms with E-state index in [0.717, 1.165) is 22.6 Å². The van der Waals surface area contributed by atoms with E-state index in [9.17, 15) is 0 Å². The van der Waals surface area contributed by atoms with Crippen molar-refractivity contribution in [1.29, 1.82) is 0 Å². The van der Waals surface area contributed by atoms with Crippen LogP contribution in [0.15, 0.2) is 34.9 Å². The van der Waals surface area contributed by atoms with Crippen LogP contribution in [0.5, 0.6) is 0 Å². The summed E-state index contributed by atoms with van der Waals surface area (Å²) in [5.41, 5.74) is 6.93. The Kier molecular flexibility index (Phi) is 6.06. The molecule has 0 N–H and O–H groups in total. The summed E-state index contributed by atoms with van der Waals surface area (Å²) in [5.74, 6) is 2.21. The molecule has 29 heavy (non-hydrogen) atoms. The molecule has 1 radical (unpaired) electrons. The molecule has 0 atom stereocenters. The molecule has 0 aliphatic rings. The smallest absolute Gasteiger partial charge is 0.181 e. The molecule has 6 heteroatoms. The van der Waals surface area contributed by atoms with Crippen molar-refractivity contribution in [1.82, 2.24) is 19.5 Å².